The highest BCUT2D eigenvalue weighted by atomic mass is 31.2. The van der Waals surface area contributed by atoms with Gasteiger partial charge in [0.2, 0.25) is 7.37 Å². The molecule has 1 N–H and O–H groups in total. The first kappa shape index (κ1) is 16.0. The molecule has 0 radical (unpaired) electrons. The first-order chi connectivity index (χ1) is 8.33. The molecule has 1 rings (SSSR count). The molecule has 0 aromatic heterocycles. The lowest BCUT2D eigenvalue weighted by atomic mass is 10.1. The van der Waals surface area contributed by atoms with Gasteiger partial charge in [-0.1, -0.05) is 18.2 Å². The molecule has 2 nitrogen and oxygen atoms in total. The number of hydrogen-bond donors (Lipinski definition) is 1. The summed E-state index contributed by atoms with van der Waals surface area (Å²) in [5.41, 5.74) is -5.01. The van der Waals surface area contributed by atoms with Crippen molar-refractivity contribution in [3.63, 3.8) is 0 Å². The fourth-order valence-corrected chi connectivity index (χ4v) is 2.88. The topological polar surface area (TPSA) is 37.3 Å². The Bertz CT molecular complexity index is 501. The van der Waals surface area contributed by atoms with E-state index in [0.29, 0.717) is 12.7 Å². The Morgan fingerprint density at radius 3 is 2.05 bits per heavy atom. The fraction of sp³-hybridized carbons (Fsp3) is 0.400. The molecule has 0 bridgehead atoms. The molecule has 1 aromatic carbocycles. The van der Waals surface area contributed by atoms with Gasteiger partial charge >= 0.3 is 12.4 Å². The zero-order valence-electron chi connectivity index (χ0n) is 9.46. The summed E-state index contributed by atoms with van der Waals surface area (Å²) < 4.78 is 86.7. The maximum atomic E-state index is 12.7. The Kier molecular flexibility index (Phi) is 4.08. The van der Waals surface area contributed by atoms with Crippen LogP contribution in [0, 0.1) is 0 Å². The average Bonchev–Trinajstić information content (AvgIpc) is 2.11. The van der Waals surface area contributed by atoms with E-state index in [2.05, 4.69) is 0 Å². The van der Waals surface area contributed by atoms with Gasteiger partial charge in [0.15, 0.2) is 5.66 Å². The summed E-state index contributed by atoms with van der Waals surface area (Å²) in [7, 11) is -4.68. The minimum atomic E-state index is -5.11. The number of halogens is 6. The van der Waals surface area contributed by atoms with E-state index in [1.165, 1.54) is 0 Å². The van der Waals surface area contributed by atoms with Crippen molar-refractivity contribution in [1.82, 2.24) is 0 Å². The van der Waals surface area contributed by atoms with Gasteiger partial charge in [-0.2, -0.15) is 26.3 Å². The Labute approximate surface area is 104 Å². The van der Waals surface area contributed by atoms with Gasteiger partial charge in [-0.15, -0.1) is 0 Å². The SMILES string of the molecule is CP(=O)(O)[C@H](c1cccc(C(F)(F)F)c1)C(F)(F)F. The van der Waals surface area contributed by atoms with Crippen molar-refractivity contribution in [3.05, 3.63) is 35.4 Å². The highest BCUT2D eigenvalue weighted by Crippen LogP contribution is 2.60. The van der Waals surface area contributed by atoms with Crippen LogP contribution in [0.15, 0.2) is 24.3 Å². The minimum Gasteiger partial charge on any atom is -0.344 e. The molecule has 0 aliphatic heterocycles. The molecule has 0 amide bonds. The molecule has 0 spiro atoms. The van der Waals surface area contributed by atoms with Gasteiger partial charge in [0.25, 0.3) is 0 Å². The second-order valence-corrected chi connectivity index (χ2v) is 6.41. The monoisotopic (exact) mass is 306 g/mol. The van der Waals surface area contributed by atoms with Gasteiger partial charge in [0, 0.05) is 6.66 Å². The van der Waals surface area contributed by atoms with Gasteiger partial charge in [-0.3, -0.25) is 4.57 Å². The van der Waals surface area contributed by atoms with Crippen molar-refractivity contribution in [3.8, 4) is 0 Å². The minimum absolute atomic E-state index is 0.241. The van der Waals surface area contributed by atoms with Crippen LogP contribution < -0.4 is 0 Å². The van der Waals surface area contributed by atoms with Crippen LogP contribution in [-0.2, 0) is 10.7 Å². The van der Waals surface area contributed by atoms with Crippen molar-refractivity contribution >= 4 is 7.37 Å². The standard InChI is InChI=1S/C10H9F6O2P/c1-19(17,18)8(10(14,15)16)6-3-2-4-7(5-6)9(11,12)13/h2-5,8H,1H3,(H,17,18)/t8-/m1/s1. The normalized spacial score (nSPS) is 17.9. The first-order valence-electron chi connectivity index (χ1n) is 4.87. The summed E-state index contributed by atoms with van der Waals surface area (Å²) in [4.78, 5) is 9.11. The molecular weight excluding hydrogens is 297 g/mol. The lowest BCUT2D eigenvalue weighted by Crippen LogP contribution is -2.21. The summed E-state index contributed by atoms with van der Waals surface area (Å²) in [6, 6.07) is 2.35. The molecule has 0 aliphatic carbocycles. The lowest BCUT2D eigenvalue weighted by molar-refractivity contribution is -0.139. The van der Waals surface area contributed by atoms with E-state index in [0.717, 1.165) is 12.1 Å². The van der Waals surface area contributed by atoms with Crippen molar-refractivity contribution in [2.75, 3.05) is 6.66 Å². The largest absolute Gasteiger partial charge is 0.416 e. The van der Waals surface area contributed by atoms with Gasteiger partial charge < -0.3 is 4.89 Å². The molecule has 1 unspecified atom stereocenters. The predicted octanol–water partition coefficient (Wildman–Crippen LogP) is 4.21. The highest BCUT2D eigenvalue weighted by molar-refractivity contribution is 7.57. The van der Waals surface area contributed by atoms with Gasteiger partial charge in [0.1, 0.15) is 0 Å². The lowest BCUT2D eigenvalue weighted by Gasteiger charge is -2.23. The second-order valence-electron chi connectivity index (χ2n) is 4.01. The van der Waals surface area contributed by atoms with Gasteiger partial charge in [-0.25, -0.2) is 0 Å². The van der Waals surface area contributed by atoms with E-state index in [1.807, 2.05) is 0 Å². The Morgan fingerprint density at radius 2 is 1.68 bits per heavy atom. The number of alkyl halides is 6. The van der Waals surface area contributed by atoms with Crippen LogP contribution in [0.3, 0.4) is 0 Å². The van der Waals surface area contributed by atoms with Crippen molar-refractivity contribution < 1.29 is 35.8 Å². The molecule has 19 heavy (non-hydrogen) atoms. The molecule has 0 saturated heterocycles. The average molecular weight is 306 g/mol. The summed E-state index contributed by atoms with van der Waals surface area (Å²) in [6.45, 7) is 0.464. The maximum absolute atomic E-state index is 12.7. The van der Waals surface area contributed by atoms with E-state index >= 15 is 0 Å². The van der Waals surface area contributed by atoms with Crippen LogP contribution in [-0.4, -0.2) is 17.7 Å². The van der Waals surface area contributed by atoms with Crippen molar-refractivity contribution in [2.45, 2.75) is 18.0 Å². The summed E-state index contributed by atoms with van der Waals surface area (Å²) in [5.74, 6) is 0. The zero-order valence-corrected chi connectivity index (χ0v) is 10.4. The molecule has 9 heteroatoms. The Hall–Kier alpha value is -1.01. The first-order valence-corrected chi connectivity index (χ1v) is 7.05. The van der Waals surface area contributed by atoms with Crippen LogP contribution in [0.5, 0.6) is 0 Å². The summed E-state index contributed by atoms with van der Waals surface area (Å²) in [5, 5.41) is 0. The molecule has 2 atom stereocenters. The fourth-order valence-electron chi connectivity index (χ4n) is 1.62. The molecular formula is C10H9F6O2P. The van der Waals surface area contributed by atoms with E-state index in [1.54, 1.807) is 0 Å². The van der Waals surface area contributed by atoms with E-state index in [9.17, 15) is 30.9 Å². The number of hydrogen-bond acceptors (Lipinski definition) is 1. The maximum Gasteiger partial charge on any atom is 0.416 e. The molecule has 0 heterocycles. The van der Waals surface area contributed by atoms with Crippen LogP contribution in [0.4, 0.5) is 26.3 Å². The van der Waals surface area contributed by atoms with Crippen molar-refractivity contribution in [1.29, 1.82) is 0 Å². The van der Waals surface area contributed by atoms with Crippen LogP contribution in [0.2, 0.25) is 0 Å². The molecule has 1 aromatic rings. The van der Waals surface area contributed by atoms with E-state index in [-0.39, 0.29) is 6.07 Å². The molecule has 108 valence electrons. The quantitative estimate of drug-likeness (QED) is 0.656. The third-order valence-electron chi connectivity index (χ3n) is 2.32. The van der Waals surface area contributed by atoms with E-state index in [4.69, 9.17) is 4.89 Å². The smallest absolute Gasteiger partial charge is 0.344 e. The van der Waals surface area contributed by atoms with Crippen molar-refractivity contribution in [2.24, 2.45) is 0 Å². The number of rotatable bonds is 2. The Morgan fingerprint density at radius 1 is 1.16 bits per heavy atom. The van der Waals surface area contributed by atoms with Gasteiger partial charge in [-0.05, 0) is 11.6 Å². The third kappa shape index (κ3) is 3.98. The molecule has 0 saturated carbocycles. The second kappa shape index (κ2) is 4.83. The van der Waals surface area contributed by atoms with Gasteiger partial charge in [0.05, 0.1) is 5.56 Å². The zero-order chi connectivity index (χ0) is 15.1. The Balaban J connectivity index is 3.38. The van der Waals surface area contributed by atoms with E-state index < -0.39 is 36.5 Å². The number of benzene rings is 1. The summed E-state index contributed by atoms with van der Waals surface area (Å²) in [6.07, 6.45) is -9.93. The van der Waals surface area contributed by atoms with Crippen LogP contribution >= 0.6 is 7.37 Å². The predicted molar refractivity (Wildman–Crippen MR) is 56.0 cm³/mol. The molecule has 0 fully saturated rings. The highest BCUT2D eigenvalue weighted by Gasteiger charge is 2.50. The van der Waals surface area contributed by atoms with Crippen LogP contribution in [0.25, 0.3) is 0 Å². The van der Waals surface area contributed by atoms with Crippen LogP contribution in [0.1, 0.15) is 16.8 Å². The third-order valence-corrected chi connectivity index (χ3v) is 3.87. The molecule has 0 aliphatic rings. The summed E-state index contributed by atoms with van der Waals surface area (Å²) >= 11 is 0.